The van der Waals surface area contributed by atoms with Crippen LogP contribution in [0.4, 0.5) is 0 Å². The molecule has 1 saturated carbocycles. The Bertz CT molecular complexity index is 896. The van der Waals surface area contributed by atoms with Gasteiger partial charge in [0.15, 0.2) is 0 Å². The third-order valence-corrected chi connectivity index (χ3v) is 7.49. The third kappa shape index (κ3) is 4.13. The van der Waals surface area contributed by atoms with Gasteiger partial charge in [-0.2, -0.15) is 0 Å². The molecule has 2 aliphatic carbocycles. The Kier molecular flexibility index (Phi) is 5.47. The predicted octanol–water partition coefficient (Wildman–Crippen LogP) is 4.00. The van der Waals surface area contributed by atoms with Crippen LogP contribution in [0.1, 0.15) is 73.1 Å². The van der Waals surface area contributed by atoms with E-state index in [0.29, 0.717) is 50.9 Å². The van der Waals surface area contributed by atoms with Crippen molar-refractivity contribution in [1.82, 2.24) is 4.90 Å². The molecule has 1 unspecified atom stereocenters. The average molecular weight is 427 g/mol. The quantitative estimate of drug-likeness (QED) is 0.626. The summed E-state index contributed by atoms with van der Waals surface area (Å²) in [6, 6.07) is 0. The van der Waals surface area contributed by atoms with Gasteiger partial charge in [0.25, 0.3) is 5.91 Å². The number of likely N-dealkylation sites (tertiary alicyclic amines) is 1. The summed E-state index contributed by atoms with van der Waals surface area (Å²) < 4.78 is 0. The van der Waals surface area contributed by atoms with E-state index < -0.39 is 11.5 Å². The Balaban J connectivity index is 1.43. The van der Waals surface area contributed by atoms with Gasteiger partial charge in [-0.1, -0.05) is 29.3 Å². The number of piperidine rings is 1. The van der Waals surface area contributed by atoms with Gasteiger partial charge in [-0.25, -0.2) is 0 Å². The van der Waals surface area contributed by atoms with Crippen molar-refractivity contribution in [2.75, 3.05) is 13.1 Å². The van der Waals surface area contributed by atoms with Gasteiger partial charge in [0.1, 0.15) is 22.9 Å². The molecule has 4 aliphatic rings. The second-order valence-corrected chi connectivity index (χ2v) is 10.8. The molecule has 6 heteroatoms. The molecule has 4 rings (SSSR count). The van der Waals surface area contributed by atoms with Gasteiger partial charge in [0.05, 0.1) is 5.92 Å². The first-order chi connectivity index (χ1) is 14.5. The van der Waals surface area contributed by atoms with Gasteiger partial charge in [-0.3, -0.25) is 14.4 Å². The Labute approximate surface area is 184 Å². The highest BCUT2D eigenvalue weighted by molar-refractivity contribution is 6.39. The van der Waals surface area contributed by atoms with Crippen LogP contribution >= 0.6 is 0 Å². The van der Waals surface area contributed by atoms with Crippen molar-refractivity contribution in [2.45, 2.75) is 78.7 Å². The van der Waals surface area contributed by atoms with Gasteiger partial charge >= 0.3 is 0 Å². The maximum atomic E-state index is 13.3. The largest absolute Gasteiger partial charge is 0.389 e. The van der Waals surface area contributed by atoms with E-state index in [1.807, 2.05) is 20.8 Å². The number of rotatable bonds is 2. The van der Waals surface area contributed by atoms with Gasteiger partial charge in [-0.15, -0.1) is 0 Å². The minimum absolute atomic E-state index is 0.0699. The van der Waals surface area contributed by atoms with Crippen LogP contribution in [-0.2, 0) is 19.2 Å². The summed E-state index contributed by atoms with van der Waals surface area (Å²) >= 11 is 0. The van der Waals surface area contributed by atoms with Crippen molar-refractivity contribution >= 4 is 23.2 Å². The van der Waals surface area contributed by atoms with Crippen LogP contribution in [0.15, 0.2) is 28.0 Å². The fourth-order valence-corrected chi connectivity index (χ4v) is 6.02. The van der Waals surface area contributed by atoms with Gasteiger partial charge < -0.3 is 9.74 Å². The summed E-state index contributed by atoms with van der Waals surface area (Å²) in [6.45, 7) is 11.2. The van der Waals surface area contributed by atoms with Crippen molar-refractivity contribution in [3.8, 4) is 0 Å². The molecule has 0 aromatic carbocycles. The number of oxime groups is 1. The Hall–Kier alpha value is -2.24. The van der Waals surface area contributed by atoms with E-state index in [1.165, 1.54) is 5.57 Å². The molecule has 0 aromatic rings. The molecule has 1 atom stereocenters. The number of carbonyl (C=O) groups excluding carboxylic acids is 3. The Morgan fingerprint density at radius 1 is 1.10 bits per heavy atom. The summed E-state index contributed by atoms with van der Waals surface area (Å²) in [5, 5.41) is 3.98. The average Bonchev–Trinajstić information content (AvgIpc) is 3.03. The molecule has 2 heterocycles. The van der Waals surface area contributed by atoms with Crippen molar-refractivity contribution < 1.29 is 19.2 Å². The summed E-state index contributed by atoms with van der Waals surface area (Å²) in [5.74, 6) is -0.279. The molecule has 0 radical (unpaired) electrons. The van der Waals surface area contributed by atoms with Gasteiger partial charge in [-0.05, 0) is 63.9 Å². The second-order valence-electron chi connectivity index (χ2n) is 10.8. The standard InChI is InChI=1S/C25H34N2O4/c1-15-10-16(2)21(17(3)11-15)22-19(28)13-25(14-20(22)29)6-8-27(9-7-25)23(30)18-12-24(4,5)31-26-18/h10,17,22H,6-9,11-14H2,1-5H3. The third-order valence-electron chi connectivity index (χ3n) is 7.49. The summed E-state index contributed by atoms with van der Waals surface area (Å²) in [5.41, 5.74) is 3.15. The highest BCUT2D eigenvalue weighted by Gasteiger charge is 2.49. The van der Waals surface area contributed by atoms with E-state index in [1.54, 1.807) is 4.90 Å². The van der Waals surface area contributed by atoms with Crippen molar-refractivity contribution in [3.63, 3.8) is 0 Å². The monoisotopic (exact) mass is 426 g/mol. The predicted molar refractivity (Wildman–Crippen MR) is 118 cm³/mol. The SMILES string of the molecule is CC1=CC(C)=C(C2C(=O)CC3(CCN(C(=O)C4=NOC(C)(C)C4)CC3)CC2=O)C(C)C1. The zero-order valence-electron chi connectivity index (χ0n) is 19.4. The highest BCUT2D eigenvalue weighted by atomic mass is 16.7. The lowest BCUT2D eigenvalue weighted by atomic mass is 9.61. The fourth-order valence-electron chi connectivity index (χ4n) is 6.02. The van der Waals surface area contributed by atoms with E-state index >= 15 is 0 Å². The van der Waals surface area contributed by atoms with E-state index in [0.717, 1.165) is 17.6 Å². The van der Waals surface area contributed by atoms with Gasteiger partial charge in [0.2, 0.25) is 0 Å². The number of hydrogen-bond acceptors (Lipinski definition) is 5. The number of nitrogens with zero attached hydrogens (tertiary/aromatic N) is 2. The molecular formula is C25H34N2O4. The number of allylic oxidation sites excluding steroid dienone is 4. The van der Waals surface area contributed by atoms with E-state index in [-0.39, 0.29) is 28.8 Å². The molecule has 1 amide bonds. The topological polar surface area (TPSA) is 76.0 Å². The number of amides is 1. The second kappa shape index (κ2) is 7.72. The number of carbonyl (C=O) groups is 3. The van der Waals surface area contributed by atoms with Crippen molar-refractivity contribution in [3.05, 3.63) is 22.8 Å². The molecule has 0 bridgehead atoms. The molecule has 2 fully saturated rings. The van der Waals surface area contributed by atoms with E-state index in [2.05, 4.69) is 25.1 Å². The number of Topliss-reactive ketones (excluding diaryl/α,β-unsaturated/α-hetero) is 2. The van der Waals surface area contributed by atoms with E-state index in [4.69, 9.17) is 4.84 Å². The fraction of sp³-hybridized carbons (Fsp3) is 0.680. The molecule has 0 N–H and O–H groups in total. The first kappa shape index (κ1) is 22.0. The first-order valence-electron chi connectivity index (χ1n) is 11.5. The van der Waals surface area contributed by atoms with Crippen LogP contribution in [-0.4, -0.2) is 46.8 Å². The maximum absolute atomic E-state index is 13.3. The normalized spacial score (nSPS) is 28.5. The highest BCUT2D eigenvalue weighted by Crippen LogP contribution is 2.47. The lowest BCUT2D eigenvalue weighted by Gasteiger charge is -2.45. The molecule has 1 spiro atoms. The zero-order valence-corrected chi connectivity index (χ0v) is 19.4. The van der Waals surface area contributed by atoms with Crippen LogP contribution in [0, 0.1) is 17.3 Å². The van der Waals surface area contributed by atoms with Crippen LogP contribution in [0.2, 0.25) is 0 Å². The molecule has 2 aliphatic heterocycles. The van der Waals surface area contributed by atoms with E-state index in [9.17, 15) is 14.4 Å². The summed E-state index contributed by atoms with van der Waals surface area (Å²) in [6.07, 6.45) is 5.80. The molecule has 1 saturated heterocycles. The number of hydrogen-bond donors (Lipinski definition) is 0. The summed E-state index contributed by atoms with van der Waals surface area (Å²) in [4.78, 5) is 46.5. The lowest BCUT2D eigenvalue weighted by Crippen LogP contribution is -2.50. The molecule has 31 heavy (non-hydrogen) atoms. The first-order valence-corrected chi connectivity index (χ1v) is 11.5. The zero-order chi connectivity index (χ0) is 22.6. The molecule has 6 nitrogen and oxygen atoms in total. The Morgan fingerprint density at radius 2 is 1.71 bits per heavy atom. The minimum atomic E-state index is -0.572. The molecule has 168 valence electrons. The van der Waals surface area contributed by atoms with Crippen molar-refractivity contribution in [1.29, 1.82) is 0 Å². The molecule has 0 aromatic heterocycles. The van der Waals surface area contributed by atoms with Crippen molar-refractivity contribution in [2.24, 2.45) is 22.4 Å². The molecular weight excluding hydrogens is 392 g/mol. The minimum Gasteiger partial charge on any atom is -0.389 e. The van der Waals surface area contributed by atoms with Crippen LogP contribution in [0.5, 0.6) is 0 Å². The lowest BCUT2D eigenvalue weighted by molar-refractivity contribution is -0.141. The van der Waals surface area contributed by atoms with Gasteiger partial charge in [0, 0.05) is 32.4 Å². The maximum Gasteiger partial charge on any atom is 0.271 e. The Morgan fingerprint density at radius 3 is 2.23 bits per heavy atom. The van der Waals surface area contributed by atoms with Crippen LogP contribution in [0.25, 0.3) is 0 Å². The number of ketones is 2. The smallest absolute Gasteiger partial charge is 0.271 e. The summed E-state index contributed by atoms with van der Waals surface area (Å²) in [7, 11) is 0. The van der Waals surface area contributed by atoms with Crippen LogP contribution in [0.3, 0.4) is 0 Å². The van der Waals surface area contributed by atoms with Crippen LogP contribution < -0.4 is 0 Å².